The van der Waals surface area contributed by atoms with E-state index >= 15 is 0 Å². The van der Waals surface area contributed by atoms with E-state index in [2.05, 4.69) is 55.4 Å². The van der Waals surface area contributed by atoms with Crippen molar-refractivity contribution in [3.63, 3.8) is 0 Å². The summed E-state index contributed by atoms with van der Waals surface area (Å²) < 4.78 is 2.95. The zero-order valence-electron chi connectivity index (χ0n) is 58.6. The number of benzene rings is 2. The molecule has 2 aromatic carbocycles. The first kappa shape index (κ1) is 84.0. The molecule has 0 aliphatic rings. The van der Waals surface area contributed by atoms with Crippen LogP contribution in [0.4, 0.5) is 0 Å². The minimum absolute atomic E-state index is 0.255. The summed E-state index contributed by atoms with van der Waals surface area (Å²) >= 11 is 0. The summed E-state index contributed by atoms with van der Waals surface area (Å²) in [4.78, 5) is 23.3. The Balaban J connectivity index is 0.00000130. The number of hydrogen-bond acceptors (Lipinski definition) is 4. The molecule has 0 aromatic heterocycles. The Morgan fingerprint density at radius 2 is 0.384 bits per heavy atom. The number of hydrogen-bond donors (Lipinski definition) is 2. The lowest BCUT2D eigenvalue weighted by atomic mass is 10.0. The summed E-state index contributed by atoms with van der Waals surface area (Å²) in [6, 6.07) is 13.2. The van der Waals surface area contributed by atoms with Crippen LogP contribution in [-0.2, 0) is 0 Å². The highest BCUT2D eigenvalue weighted by molar-refractivity contribution is 8.76. The highest BCUT2D eigenvalue weighted by Gasteiger charge is 2.27. The van der Waals surface area contributed by atoms with Gasteiger partial charge in [-0.3, -0.25) is 0 Å². The molecule has 86 heavy (non-hydrogen) atoms. The van der Waals surface area contributed by atoms with E-state index in [-0.39, 0.29) is 11.1 Å². The van der Waals surface area contributed by atoms with Gasteiger partial charge in [-0.15, -0.1) is 0 Å². The SMILES string of the molecule is CCCCCCCC[N+](CCCCCCCC)(CCCCCCCC)CCCCCCCC.CCCCCCCC[N+](CCCCCCCC)(CCCCCCCC)CCCCCCCC.O=C(O)c1ccc(SSc2ccc(C(=O)O)cc2)cc1. The van der Waals surface area contributed by atoms with Crippen molar-refractivity contribution < 1.29 is 28.8 Å². The first-order valence-corrected chi connectivity index (χ1v) is 39.9. The minimum Gasteiger partial charge on any atom is -0.478 e. The van der Waals surface area contributed by atoms with Gasteiger partial charge in [-0.2, -0.15) is 0 Å². The van der Waals surface area contributed by atoms with Crippen molar-refractivity contribution in [2.24, 2.45) is 0 Å². The van der Waals surface area contributed by atoms with E-state index < -0.39 is 11.9 Å². The predicted molar refractivity (Wildman–Crippen MR) is 385 cm³/mol. The molecular formula is C78H146N2O4S2+2. The molecule has 0 unspecified atom stereocenters. The molecule has 0 aliphatic carbocycles. The van der Waals surface area contributed by atoms with Crippen molar-refractivity contribution in [3.05, 3.63) is 59.7 Å². The van der Waals surface area contributed by atoms with Crippen LogP contribution in [0.25, 0.3) is 0 Å². The van der Waals surface area contributed by atoms with Crippen LogP contribution < -0.4 is 0 Å². The van der Waals surface area contributed by atoms with Gasteiger partial charge >= 0.3 is 11.9 Å². The average Bonchev–Trinajstić information content (AvgIpc) is 3.72. The van der Waals surface area contributed by atoms with E-state index in [0.717, 1.165) is 9.79 Å². The van der Waals surface area contributed by atoms with Crippen LogP contribution in [-0.4, -0.2) is 83.5 Å². The van der Waals surface area contributed by atoms with Gasteiger partial charge < -0.3 is 19.2 Å². The molecule has 0 fully saturated rings. The quantitative estimate of drug-likeness (QED) is 0.0391. The van der Waals surface area contributed by atoms with Crippen LogP contribution in [0.15, 0.2) is 58.3 Å². The van der Waals surface area contributed by atoms with Crippen molar-refractivity contribution in [1.82, 2.24) is 0 Å². The van der Waals surface area contributed by atoms with Crippen LogP contribution in [0.1, 0.15) is 384 Å². The number of unbranched alkanes of at least 4 members (excludes halogenated alkanes) is 40. The molecule has 2 aromatic rings. The Labute approximate surface area is 544 Å². The lowest BCUT2D eigenvalue weighted by Crippen LogP contribution is -2.50. The summed E-state index contributed by atoms with van der Waals surface area (Å²) in [7, 11) is 2.97. The van der Waals surface area contributed by atoms with Gasteiger partial charge in [-0.05, 0) is 151 Å². The van der Waals surface area contributed by atoms with Crippen molar-refractivity contribution in [3.8, 4) is 0 Å². The maximum atomic E-state index is 10.7. The van der Waals surface area contributed by atoms with E-state index in [0.29, 0.717) is 0 Å². The first-order chi connectivity index (χ1) is 42.0. The van der Waals surface area contributed by atoms with Crippen molar-refractivity contribution in [1.29, 1.82) is 0 Å². The smallest absolute Gasteiger partial charge is 0.335 e. The molecule has 2 N–H and O–H groups in total. The predicted octanol–water partition coefficient (Wildman–Crippen LogP) is 26.4. The van der Waals surface area contributed by atoms with Crippen LogP contribution in [0.3, 0.4) is 0 Å². The molecule has 2 rings (SSSR count). The standard InChI is InChI=1S/2C32H68N.C14H10O4S2/c2*1-5-9-13-17-21-25-29-33(30-26-22-18-14-10-6-2,31-27-23-19-15-11-7-3)32-28-24-20-16-12-8-4;15-13(16)9-1-5-11(6-2-9)19-20-12-7-3-10(4-8-12)14(17)18/h2*5-32H2,1-4H3;1-8H,(H,15,16)(H,17,18)/q2*+1;. The van der Waals surface area contributed by atoms with E-state index in [1.807, 2.05) is 0 Å². The molecule has 6 nitrogen and oxygen atoms in total. The van der Waals surface area contributed by atoms with E-state index in [1.165, 1.54) is 391 Å². The number of carbonyl (C=O) groups is 2. The topological polar surface area (TPSA) is 74.6 Å². The zero-order chi connectivity index (χ0) is 63.1. The Morgan fingerprint density at radius 3 is 0.523 bits per heavy atom. The fourth-order valence-corrected chi connectivity index (χ4v) is 14.5. The molecule has 0 radical (unpaired) electrons. The van der Waals surface area contributed by atoms with Gasteiger partial charge in [0.2, 0.25) is 0 Å². The number of carboxylic acid groups (broad SMARTS) is 2. The Bertz CT molecular complexity index is 1460. The molecule has 0 bridgehead atoms. The minimum atomic E-state index is -0.946. The number of rotatable bonds is 61. The number of aromatic carboxylic acids is 2. The Kier molecular flexibility index (Phi) is 61.7. The highest BCUT2D eigenvalue weighted by atomic mass is 33.1. The summed E-state index contributed by atoms with van der Waals surface area (Å²) in [6.07, 6.45) is 69.5. The molecular weight excluding hydrogens is 1090 g/mol. The number of nitrogens with zero attached hydrogens (tertiary/aromatic N) is 2. The van der Waals surface area contributed by atoms with Crippen molar-refractivity contribution in [2.45, 2.75) is 373 Å². The van der Waals surface area contributed by atoms with Crippen LogP contribution in [0.5, 0.6) is 0 Å². The molecule has 0 amide bonds. The third-order valence-electron chi connectivity index (χ3n) is 18.3. The number of quaternary nitrogens is 2. The van der Waals surface area contributed by atoms with Gasteiger partial charge in [0.05, 0.1) is 63.5 Å². The second-order valence-electron chi connectivity index (χ2n) is 26.4. The van der Waals surface area contributed by atoms with Crippen LogP contribution in [0, 0.1) is 0 Å². The second-order valence-corrected chi connectivity index (χ2v) is 28.7. The summed E-state index contributed by atoms with van der Waals surface area (Å²) in [6.45, 7) is 30.5. The Hall–Kier alpha value is -2.00. The fraction of sp³-hybridized carbons (Fsp3) is 0.821. The maximum absolute atomic E-state index is 10.7. The lowest BCUT2D eigenvalue weighted by molar-refractivity contribution is -0.929. The highest BCUT2D eigenvalue weighted by Crippen LogP contribution is 2.37. The normalized spacial score (nSPS) is 11.6. The summed E-state index contributed by atoms with van der Waals surface area (Å²) in [5, 5.41) is 17.6. The number of carboxylic acids is 2. The Morgan fingerprint density at radius 1 is 0.244 bits per heavy atom. The third-order valence-corrected chi connectivity index (χ3v) is 20.7. The van der Waals surface area contributed by atoms with E-state index in [1.54, 1.807) is 48.5 Å². The van der Waals surface area contributed by atoms with Gasteiger partial charge in [-0.1, -0.05) is 282 Å². The van der Waals surface area contributed by atoms with Crippen LogP contribution in [0.2, 0.25) is 0 Å². The molecule has 0 saturated carbocycles. The monoisotopic (exact) mass is 1240 g/mol. The van der Waals surface area contributed by atoms with Gasteiger partial charge in [0.25, 0.3) is 0 Å². The van der Waals surface area contributed by atoms with Gasteiger partial charge in [-0.25, -0.2) is 9.59 Å². The largest absolute Gasteiger partial charge is 0.478 e. The average molecular weight is 1240 g/mol. The lowest BCUT2D eigenvalue weighted by Gasteiger charge is -2.40. The van der Waals surface area contributed by atoms with Crippen molar-refractivity contribution >= 4 is 33.5 Å². The third kappa shape index (κ3) is 50.7. The molecule has 0 saturated heterocycles. The van der Waals surface area contributed by atoms with E-state index in [9.17, 15) is 9.59 Å². The molecule has 0 spiro atoms. The van der Waals surface area contributed by atoms with Crippen LogP contribution >= 0.6 is 21.6 Å². The molecule has 0 aliphatic heterocycles. The zero-order valence-corrected chi connectivity index (χ0v) is 60.3. The van der Waals surface area contributed by atoms with Gasteiger partial charge in [0, 0.05) is 9.79 Å². The second kappa shape index (κ2) is 63.2. The van der Waals surface area contributed by atoms with Gasteiger partial charge in [0.1, 0.15) is 0 Å². The van der Waals surface area contributed by atoms with E-state index in [4.69, 9.17) is 10.2 Å². The molecule has 0 heterocycles. The van der Waals surface area contributed by atoms with Crippen molar-refractivity contribution in [2.75, 3.05) is 52.4 Å². The summed E-state index contributed by atoms with van der Waals surface area (Å²) in [5.41, 5.74) is 0.510. The maximum Gasteiger partial charge on any atom is 0.335 e. The molecule has 8 heteroatoms. The summed E-state index contributed by atoms with van der Waals surface area (Å²) in [5.74, 6) is -1.89. The molecule has 0 atom stereocenters. The molecule has 502 valence electrons. The van der Waals surface area contributed by atoms with Gasteiger partial charge in [0.15, 0.2) is 0 Å². The first-order valence-electron chi connectivity index (χ1n) is 37.8. The fourth-order valence-electron chi connectivity index (χ4n) is 12.6.